The van der Waals surface area contributed by atoms with E-state index < -0.39 is 0 Å². The predicted molar refractivity (Wildman–Crippen MR) is 100 cm³/mol. The Kier molecular flexibility index (Phi) is 7.94. The Morgan fingerprint density at radius 1 is 1.17 bits per heavy atom. The summed E-state index contributed by atoms with van der Waals surface area (Å²) in [5.41, 5.74) is 3.15. The second kappa shape index (κ2) is 9.21. The molecular weight excluding hydrogens is 300 g/mol. The van der Waals surface area contributed by atoms with Gasteiger partial charge in [0.25, 0.3) is 0 Å². The summed E-state index contributed by atoms with van der Waals surface area (Å²) < 4.78 is 2.04. The summed E-state index contributed by atoms with van der Waals surface area (Å²) in [5, 5.41) is 7.82. The zero-order valence-electron chi connectivity index (χ0n) is 16.8. The normalized spacial score (nSPS) is 13.1. The molecule has 0 aliphatic heterocycles. The molecule has 1 atom stereocenters. The van der Waals surface area contributed by atoms with E-state index in [0.29, 0.717) is 18.3 Å². The highest BCUT2D eigenvalue weighted by molar-refractivity contribution is 5.79. The lowest BCUT2D eigenvalue weighted by Gasteiger charge is -2.24. The van der Waals surface area contributed by atoms with Gasteiger partial charge in [0.15, 0.2) is 0 Å². The van der Waals surface area contributed by atoms with Crippen molar-refractivity contribution in [2.45, 2.75) is 67.0 Å². The molecule has 0 bridgehead atoms. The Morgan fingerprint density at radius 3 is 2.29 bits per heavy atom. The van der Waals surface area contributed by atoms with E-state index in [-0.39, 0.29) is 11.9 Å². The minimum absolute atomic E-state index is 0.0952. The standard InChI is InChI=1S/C19H36N4O/c1-13(2)9-17(12-22(7)8)20-19(24)10-18-15(5)21-23(16(18)6)11-14(3)4/h13-14,17H,9-12H2,1-8H3,(H,20,24). The molecule has 0 spiro atoms. The van der Waals surface area contributed by atoms with E-state index in [1.54, 1.807) is 0 Å². The number of carbonyl (C=O) groups is 1. The molecule has 1 amide bonds. The van der Waals surface area contributed by atoms with E-state index in [4.69, 9.17) is 0 Å². The summed E-state index contributed by atoms with van der Waals surface area (Å²) in [6.45, 7) is 14.6. The maximum atomic E-state index is 12.6. The summed E-state index contributed by atoms with van der Waals surface area (Å²) in [7, 11) is 4.09. The first-order chi connectivity index (χ1) is 11.1. The molecule has 1 aromatic rings. The van der Waals surface area contributed by atoms with Gasteiger partial charge in [-0.25, -0.2) is 0 Å². The van der Waals surface area contributed by atoms with Gasteiger partial charge in [-0.15, -0.1) is 0 Å². The second-order valence-electron chi connectivity index (χ2n) is 8.06. The fraction of sp³-hybridized carbons (Fsp3) is 0.789. The molecule has 0 saturated heterocycles. The molecule has 1 heterocycles. The van der Waals surface area contributed by atoms with E-state index in [1.807, 2.05) is 25.7 Å². The van der Waals surface area contributed by atoms with Crippen LogP contribution in [0.15, 0.2) is 0 Å². The number of rotatable bonds is 9. The maximum Gasteiger partial charge on any atom is 0.224 e. The molecule has 1 rings (SSSR count). The van der Waals surface area contributed by atoms with Crippen molar-refractivity contribution >= 4 is 5.91 Å². The molecule has 0 aliphatic carbocycles. The molecule has 1 unspecified atom stereocenters. The number of hydrogen-bond donors (Lipinski definition) is 1. The van der Waals surface area contributed by atoms with Crippen molar-refractivity contribution in [3.05, 3.63) is 17.0 Å². The van der Waals surface area contributed by atoms with E-state index >= 15 is 0 Å². The zero-order valence-corrected chi connectivity index (χ0v) is 16.8. The highest BCUT2D eigenvalue weighted by Gasteiger charge is 2.19. The second-order valence-corrected chi connectivity index (χ2v) is 8.06. The number of aromatic nitrogens is 2. The number of carbonyl (C=O) groups excluding carboxylic acids is 1. The van der Waals surface area contributed by atoms with E-state index in [1.165, 1.54) is 0 Å². The van der Waals surface area contributed by atoms with Crippen molar-refractivity contribution in [2.24, 2.45) is 11.8 Å². The maximum absolute atomic E-state index is 12.6. The summed E-state index contributed by atoms with van der Waals surface area (Å²) in [6, 6.07) is 0.193. The smallest absolute Gasteiger partial charge is 0.224 e. The molecule has 0 fully saturated rings. The molecule has 0 saturated carbocycles. The zero-order chi connectivity index (χ0) is 18.4. The minimum atomic E-state index is 0.0952. The van der Waals surface area contributed by atoms with Crippen LogP contribution >= 0.6 is 0 Å². The fourth-order valence-electron chi connectivity index (χ4n) is 3.14. The molecule has 24 heavy (non-hydrogen) atoms. The van der Waals surface area contributed by atoms with Crippen LogP contribution in [0.5, 0.6) is 0 Å². The number of nitrogens with one attached hydrogen (secondary N) is 1. The average molecular weight is 337 g/mol. The van der Waals surface area contributed by atoms with Gasteiger partial charge in [0.2, 0.25) is 5.91 Å². The van der Waals surface area contributed by atoms with Gasteiger partial charge in [0.1, 0.15) is 0 Å². The van der Waals surface area contributed by atoms with Crippen molar-refractivity contribution in [1.82, 2.24) is 20.0 Å². The summed E-state index contributed by atoms with van der Waals surface area (Å²) in [4.78, 5) is 14.7. The number of nitrogens with zero attached hydrogens (tertiary/aromatic N) is 3. The van der Waals surface area contributed by atoms with Crippen LogP contribution in [0.1, 0.15) is 51.1 Å². The third-order valence-corrected chi connectivity index (χ3v) is 4.11. The lowest BCUT2D eigenvalue weighted by Crippen LogP contribution is -2.43. The van der Waals surface area contributed by atoms with E-state index in [0.717, 1.165) is 36.5 Å². The quantitative estimate of drug-likeness (QED) is 0.754. The molecule has 1 N–H and O–H groups in total. The molecule has 0 aromatic carbocycles. The highest BCUT2D eigenvalue weighted by atomic mass is 16.1. The van der Waals surface area contributed by atoms with Gasteiger partial charge in [0.05, 0.1) is 12.1 Å². The van der Waals surface area contributed by atoms with Crippen LogP contribution < -0.4 is 5.32 Å². The molecule has 0 radical (unpaired) electrons. The van der Waals surface area contributed by atoms with E-state index in [9.17, 15) is 4.79 Å². The van der Waals surface area contributed by atoms with Crippen LogP contribution in [0.2, 0.25) is 0 Å². The highest BCUT2D eigenvalue weighted by Crippen LogP contribution is 2.16. The lowest BCUT2D eigenvalue weighted by molar-refractivity contribution is -0.121. The summed E-state index contributed by atoms with van der Waals surface area (Å²) in [6.07, 6.45) is 1.41. The largest absolute Gasteiger partial charge is 0.352 e. The lowest BCUT2D eigenvalue weighted by atomic mass is 10.0. The average Bonchev–Trinajstić information content (AvgIpc) is 2.64. The molecule has 0 aliphatic rings. The van der Waals surface area contributed by atoms with Gasteiger partial charge in [-0.05, 0) is 46.2 Å². The van der Waals surface area contributed by atoms with Crippen LogP contribution in [0, 0.1) is 25.7 Å². The van der Waals surface area contributed by atoms with Gasteiger partial charge in [-0.2, -0.15) is 5.10 Å². The van der Waals surface area contributed by atoms with Crippen molar-refractivity contribution < 1.29 is 4.79 Å². The Labute approximate surface area is 147 Å². The molecule has 1 aromatic heterocycles. The van der Waals surface area contributed by atoms with Crippen molar-refractivity contribution in [3.8, 4) is 0 Å². The Morgan fingerprint density at radius 2 is 1.79 bits per heavy atom. The first kappa shape index (κ1) is 20.7. The van der Waals surface area contributed by atoms with Gasteiger partial charge in [0, 0.05) is 30.4 Å². The molecule has 5 nitrogen and oxygen atoms in total. The minimum Gasteiger partial charge on any atom is -0.352 e. The Hall–Kier alpha value is -1.36. The van der Waals surface area contributed by atoms with Gasteiger partial charge in [-0.3, -0.25) is 9.48 Å². The van der Waals surface area contributed by atoms with Gasteiger partial charge < -0.3 is 10.2 Å². The number of aryl methyl sites for hydroxylation is 1. The predicted octanol–water partition coefficient (Wildman–Crippen LogP) is 2.79. The van der Waals surface area contributed by atoms with E-state index in [2.05, 4.69) is 49.9 Å². The van der Waals surface area contributed by atoms with Crippen LogP contribution in [-0.4, -0.2) is 47.3 Å². The number of amides is 1. The fourth-order valence-corrected chi connectivity index (χ4v) is 3.14. The SMILES string of the molecule is Cc1nn(CC(C)C)c(C)c1CC(=O)NC(CC(C)C)CN(C)C. The van der Waals surface area contributed by atoms with Crippen LogP contribution in [0.25, 0.3) is 0 Å². The third kappa shape index (κ3) is 6.63. The monoisotopic (exact) mass is 336 g/mol. The van der Waals surface area contributed by atoms with Gasteiger partial charge >= 0.3 is 0 Å². The molecule has 138 valence electrons. The molecular formula is C19H36N4O. The van der Waals surface area contributed by atoms with Crippen LogP contribution in [-0.2, 0) is 17.8 Å². The topological polar surface area (TPSA) is 50.2 Å². The Balaban J connectivity index is 2.77. The summed E-state index contributed by atoms with van der Waals surface area (Å²) in [5.74, 6) is 1.20. The van der Waals surface area contributed by atoms with Crippen molar-refractivity contribution in [1.29, 1.82) is 0 Å². The van der Waals surface area contributed by atoms with Crippen molar-refractivity contribution in [3.63, 3.8) is 0 Å². The number of likely N-dealkylation sites (N-methyl/N-ethyl adjacent to an activating group) is 1. The Bertz CT molecular complexity index is 522. The van der Waals surface area contributed by atoms with Gasteiger partial charge in [-0.1, -0.05) is 27.7 Å². The van der Waals surface area contributed by atoms with Crippen LogP contribution in [0.4, 0.5) is 0 Å². The molecule has 5 heteroatoms. The first-order valence-corrected chi connectivity index (χ1v) is 9.07. The van der Waals surface area contributed by atoms with Crippen molar-refractivity contribution in [2.75, 3.05) is 20.6 Å². The summed E-state index contributed by atoms with van der Waals surface area (Å²) >= 11 is 0. The first-order valence-electron chi connectivity index (χ1n) is 9.07. The number of hydrogen-bond acceptors (Lipinski definition) is 3. The van der Waals surface area contributed by atoms with Crippen LogP contribution in [0.3, 0.4) is 0 Å². The third-order valence-electron chi connectivity index (χ3n) is 4.11.